The van der Waals surface area contributed by atoms with Gasteiger partial charge in [-0.15, -0.1) is 0 Å². The second-order valence-corrected chi connectivity index (χ2v) is 3.14. The van der Waals surface area contributed by atoms with E-state index in [9.17, 15) is 4.79 Å². The molecule has 0 fully saturated rings. The molecule has 15 heavy (non-hydrogen) atoms. The first-order chi connectivity index (χ1) is 7.18. The molecule has 0 spiro atoms. The molecule has 6 nitrogen and oxygen atoms in total. The molecule has 0 saturated heterocycles. The highest BCUT2D eigenvalue weighted by Crippen LogP contribution is 2.08. The second-order valence-electron chi connectivity index (χ2n) is 3.14. The minimum absolute atomic E-state index is 0.216. The molecular formula is C9H10N4O2. The number of hydrogen-bond donors (Lipinski definition) is 1. The highest BCUT2D eigenvalue weighted by Gasteiger charge is 2.14. The van der Waals surface area contributed by atoms with Crippen molar-refractivity contribution in [3.63, 3.8) is 0 Å². The molecule has 0 atom stereocenters. The van der Waals surface area contributed by atoms with Crippen LogP contribution in [0, 0.1) is 0 Å². The summed E-state index contributed by atoms with van der Waals surface area (Å²) < 4.78 is 3.20. The van der Waals surface area contributed by atoms with Gasteiger partial charge in [0.1, 0.15) is 5.56 Å². The Kier molecular flexibility index (Phi) is 2.24. The zero-order valence-corrected chi connectivity index (χ0v) is 8.16. The maximum Gasteiger partial charge on any atom is 0.339 e. The van der Waals surface area contributed by atoms with E-state index in [2.05, 4.69) is 10.2 Å². The predicted molar refractivity (Wildman–Crippen MR) is 51.5 cm³/mol. The van der Waals surface area contributed by atoms with E-state index >= 15 is 0 Å². The van der Waals surface area contributed by atoms with Crippen LogP contribution in [0.25, 0.3) is 0 Å². The molecule has 78 valence electrons. The van der Waals surface area contributed by atoms with Gasteiger partial charge in [0.25, 0.3) is 0 Å². The van der Waals surface area contributed by atoms with E-state index < -0.39 is 5.97 Å². The Morgan fingerprint density at radius 2 is 2.33 bits per heavy atom. The molecule has 2 aromatic heterocycles. The number of aromatic carboxylic acids is 1. The molecule has 0 aliphatic rings. The fourth-order valence-corrected chi connectivity index (χ4v) is 1.38. The molecule has 2 rings (SSSR count). The minimum atomic E-state index is -0.967. The van der Waals surface area contributed by atoms with Crippen LogP contribution in [-0.2, 0) is 13.6 Å². The fourth-order valence-electron chi connectivity index (χ4n) is 1.38. The van der Waals surface area contributed by atoms with E-state index in [4.69, 9.17) is 5.11 Å². The van der Waals surface area contributed by atoms with Gasteiger partial charge in [-0.2, -0.15) is 10.2 Å². The maximum absolute atomic E-state index is 10.9. The average molecular weight is 206 g/mol. The number of nitrogens with zero attached hydrogens (tertiary/aromatic N) is 4. The maximum atomic E-state index is 10.9. The SMILES string of the molecule is Cn1ncc(C(=O)O)c1Cn1cccn1. The first kappa shape index (κ1) is 9.45. The zero-order valence-electron chi connectivity index (χ0n) is 8.16. The molecule has 2 aromatic rings. The van der Waals surface area contributed by atoms with Crippen LogP contribution >= 0.6 is 0 Å². The molecule has 0 saturated carbocycles. The number of rotatable bonds is 3. The van der Waals surface area contributed by atoms with Gasteiger partial charge in [0.05, 0.1) is 18.4 Å². The van der Waals surface area contributed by atoms with Gasteiger partial charge in [0.2, 0.25) is 0 Å². The van der Waals surface area contributed by atoms with Crippen LogP contribution in [-0.4, -0.2) is 30.6 Å². The molecule has 0 unspecified atom stereocenters. The summed E-state index contributed by atoms with van der Waals surface area (Å²) in [5.74, 6) is -0.967. The monoisotopic (exact) mass is 206 g/mol. The Morgan fingerprint density at radius 3 is 2.93 bits per heavy atom. The zero-order chi connectivity index (χ0) is 10.8. The lowest BCUT2D eigenvalue weighted by Gasteiger charge is -2.03. The van der Waals surface area contributed by atoms with E-state index in [1.807, 2.05) is 0 Å². The van der Waals surface area contributed by atoms with Gasteiger partial charge in [-0.1, -0.05) is 0 Å². The van der Waals surface area contributed by atoms with Crippen LogP contribution in [0.3, 0.4) is 0 Å². The smallest absolute Gasteiger partial charge is 0.339 e. The third-order valence-corrected chi connectivity index (χ3v) is 2.16. The Morgan fingerprint density at radius 1 is 1.53 bits per heavy atom. The molecule has 0 radical (unpaired) electrons. The van der Waals surface area contributed by atoms with Crippen molar-refractivity contribution in [2.75, 3.05) is 0 Å². The lowest BCUT2D eigenvalue weighted by molar-refractivity contribution is 0.0695. The van der Waals surface area contributed by atoms with Crippen molar-refractivity contribution >= 4 is 5.97 Å². The van der Waals surface area contributed by atoms with Crippen molar-refractivity contribution in [1.82, 2.24) is 19.6 Å². The van der Waals surface area contributed by atoms with Crippen molar-refractivity contribution in [1.29, 1.82) is 0 Å². The van der Waals surface area contributed by atoms with Gasteiger partial charge < -0.3 is 5.11 Å². The normalized spacial score (nSPS) is 10.5. The number of carboxylic acid groups (broad SMARTS) is 1. The molecule has 0 aromatic carbocycles. The van der Waals surface area contributed by atoms with Gasteiger partial charge in [-0.3, -0.25) is 9.36 Å². The standard InChI is InChI=1S/C9H10N4O2/c1-12-8(6-13-4-2-3-10-13)7(5-11-12)9(14)15/h2-5H,6H2,1H3,(H,14,15). The third-order valence-electron chi connectivity index (χ3n) is 2.16. The van der Waals surface area contributed by atoms with Crippen molar-refractivity contribution < 1.29 is 9.90 Å². The summed E-state index contributed by atoms with van der Waals surface area (Å²) in [7, 11) is 1.71. The van der Waals surface area contributed by atoms with Gasteiger partial charge in [0.15, 0.2) is 0 Å². The first-order valence-electron chi connectivity index (χ1n) is 4.40. The molecule has 1 N–H and O–H groups in total. The Hall–Kier alpha value is -2.11. The summed E-state index contributed by atoms with van der Waals surface area (Å²) >= 11 is 0. The summed E-state index contributed by atoms with van der Waals surface area (Å²) in [6.07, 6.45) is 4.77. The molecule has 2 heterocycles. The van der Waals surface area contributed by atoms with Crippen LogP contribution in [0.4, 0.5) is 0 Å². The van der Waals surface area contributed by atoms with Crippen LogP contribution in [0.2, 0.25) is 0 Å². The van der Waals surface area contributed by atoms with Crippen molar-refractivity contribution in [2.24, 2.45) is 7.05 Å². The average Bonchev–Trinajstić information content (AvgIpc) is 2.78. The molecule has 6 heteroatoms. The highest BCUT2D eigenvalue weighted by molar-refractivity contribution is 5.88. The second kappa shape index (κ2) is 3.56. The first-order valence-corrected chi connectivity index (χ1v) is 4.40. The number of aryl methyl sites for hydroxylation is 1. The van der Waals surface area contributed by atoms with Crippen LogP contribution in [0.1, 0.15) is 16.1 Å². The summed E-state index contributed by atoms with van der Waals surface area (Å²) in [5, 5.41) is 16.9. The fraction of sp³-hybridized carbons (Fsp3) is 0.222. The van der Waals surface area contributed by atoms with Gasteiger partial charge in [-0.25, -0.2) is 4.79 Å². The predicted octanol–water partition coefficient (Wildman–Crippen LogP) is 0.363. The minimum Gasteiger partial charge on any atom is -0.478 e. The summed E-state index contributed by atoms with van der Waals surface area (Å²) in [6.45, 7) is 0.408. The van der Waals surface area contributed by atoms with Crippen molar-refractivity contribution in [3.8, 4) is 0 Å². The van der Waals surface area contributed by atoms with Crippen molar-refractivity contribution in [3.05, 3.63) is 35.9 Å². The largest absolute Gasteiger partial charge is 0.478 e. The molecule has 0 amide bonds. The number of carboxylic acids is 1. The van der Waals surface area contributed by atoms with E-state index in [0.29, 0.717) is 12.2 Å². The summed E-state index contributed by atoms with van der Waals surface area (Å²) in [6, 6.07) is 1.79. The van der Waals surface area contributed by atoms with Crippen molar-refractivity contribution in [2.45, 2.75) is 6.54 Å². The Balaban J connectivity index is 2.35. The number of aromatic nitrogens is 4. The van der Waals surface area contributed by atoms with Gasteiger partial charge in [-0.05, 0) is 6.07 Å². The van der Waals surface area contributed by atoms with E-state index in [1.54, 1.807) is 34.9 Å². The number of hydrogen-bond acceptors (Lipinski definition) is 3. The van der Waals surface area contributed by atoms with E-state index in [-0.39, 0.29) is 5.56 Å². The molecular weight excluding hydrogens is 196 g/mol. The Labute approximate surface area is 85.8 Å². The highest BCUT2D eigenvalue weighted by atomic mass is 16.4. The lowest BCUT2D eigenvalue weighted by atomic mass is 10.2. The van der Waals surface area contributed by atoms with E-state index in [0.717, 1.165) is 0 Å². The topological polar surface area (TPSA) is 72.9 Å². The summed E-state index contributed by atoms with van der Waals surface area (Å²) in [5.41, 5.74) is 0.846. The lowest BCUT2D eigenvalue weighted by Crippen LogP contribution is -2.10. The van der Waals surface area contributed by atoms with Crippen LogP contribution in [0.15, 0.2) is 24.7 Å². The molecule has 0 aliphatic carbocycles. The quantitative estimate of drug-likeness (QED) is 0.787. The molecule has 0 bridgehead atoms. The molecule has 0 aliphatic heterocycles. The van der Waals surface area contributed by atoms with Gasteiger partial charge >= 0.3 is 5.97 Å². The van der Waals surface area contributed by atoms with E-state index in [1.165, 1.54) is 6.20 Å². The Bertz CT molecular complexity index is 472. The number of carbonyl (C=O) groups is 1. The van der Waals surface area contributed by atoms with Gasteiger partial charge in [0, 0.05) is 19.4 Å². The third kappa shape index (κ3) is 1.74. The van der Waals surface area contributed by atoms with Crippen LogP contribution < -0.4 is 0 Å². The summed E-state index contributed by atoms with van der Waals surface area (Å²) in [4.78, 5) is 10.9. The van der Waals surface area contributed by atoms with Crippen LogP contribution in [0.5, 0.6) is 0 Å².